The lowest BCUT2D eigenvalue weighted by Gasteiger charge is -2.14. The highest BCUT2D eigenvalue weighted by Gasteiger charge is 2.18. The lowest BCUT2D eigenvalue weighted by molar-refractivity contribution is -0.124. The molecular formula is C15H17ClN4O3. The molecule has 0 saturated carbocycles. The van der Waals surface area contributed by atoms with Gasteiger partial charge in [-0.15, -0.1) is 0 Å². The highest BCUT2D eigenvalue weighted by atomic mass is 35.5. The molecule has 1 unspecified atom stereocenters. The van der Waals surface area contributed by atoms with Crippen molar-refractivity contribution in [1.82, 2.24) is 20.1 Å². The Morgan fingerprint density at radius 3 is 3.04 bits per heavy atom. The molecule has 0 spiro atoms. The number of fused-ring (bicyclic) bond motifs is 1. The molecule has 0 bridgehead atoms. The van der Waals surface area contributed by atoms with Gasteiger partial charge in [-0.1, -0.05) is 11.6 Å². The molecule has 1 aliphatic rings. The van der Waals surface area contributed by atoms with Crippen molar-refractivity contribution in [2.75, 3.05) is 13.2 Å². The Bertz CT molecular complexity index is 690. The van der Waals surface area contributed by atoms with Crippen LogP contribution in [0.1, 0.15) is 24.9 Å². The van der Waals surface area contributed by atoms with Gasteiger partial charge >= 0.3 is 0 Å². The maximum Gasteiger partial charge on any atom is 0.244 e. The van der Waals surface area contributed by atoms with Gasteiger partial charge in [0, 0.05) is 13.0 Å². The molecule has 1 atom stereocenters. The highest BCUT2D eigenvalue weighted by Crippen LogP contribution is 2.37. The number of carbonyl (C=O) groups is 1. The number of benzene rings is 1. The van der Waals surface area contributed by atoms with Gasteiger partial charge in [0.05, 0.1) is 18.2 Å². The number of amides is 1. The van der Waals surface area contributed by atoms with Crippen molar-refractivity contribution in [3.05, 3.63) is 35.4 Å². The summed E-state index contributed by atoms with van der Waals surface area (Å²) in [6.45, 7) is 3.26. The Kier molecular flexibility index (Phi) is 4.66. The molecule has 0 fully saturated rings. The molecule has 122 valence electrons. The molecule has 1 aromatic heterocycles. The average molecular weight is 337 g/mol. The maximum absolute atomic E-state index is 12.2. The minimum absolute atomic E-state index is 0.154. The van der Waals surface area contributed by atoms with Crippen LogP contribution in [0.15, 0.2) is 24.8 Å². The van der Waals surface area contributed by atoms with Crippen LogP contribution in [0.4, 0.5) is 0 Å². The standard InChI is InChI=1S/C15H17ClN4O3/c1-10(20-9-17-8-19-20)15(21)18-7-11-5-12(16)14-13(6-11)22-3-2-4-23-14/h5-6,8-10H,2-4,7H2,1H3,(H,18,21). The van der Waals surface area contributed by atoms with E-state index in [0.29, 0.717) is 36.3 Å². The monoisotopic (exact) mass is 336 g/mol. The zero-order valence-electron chi connectivity index (χ0n) is 12.7. The fourth-order valence-electron chi connectivity index (χ4n) is 2.26. The summed E-state index contributed by atoms with van der Waals surface area (Å²) in [4.78, 5) is 16.0. The van der Waals surface area contributed by atoms with Crippen LogP contribution in [0.2, 0.25) is 5.02 Å². The molecule has 23 heavy (non-hydrogen) atoms. The van der Waals surface area contributed by atoms with E-state index in [1.54, 1.807) is 13.0 Å². The summed E-state index contributed by atoms with van der Waals surface area (Å²) >= 11 is 6.24. The van der Waals surface area contributed by atoms with Gasteiger partial charge in [0.25, 0.3) is 0 Å². The molecule has 1 amide bonds. The summed E-state index contributed by atoms with van der Waals surface area (Å²) < 4.78 is 12.7. The Morgan fingerprint density at radius 2 is 2.26 bits per heavy atom. The molecule has 2 heterocycles. The first kappa shape index (κ1) is 15.6. The van der Waals surface area contributed by atoms with Gasteiger partial charge in [0.15, 0.2) is 11.5 Å². The zero-order chi connectivity index (χ0) is 16.2. The van der Waals surface area contributed by atoms with Crippen molar-refractivity contribution in [2.24, 2.45) is 0 Å². The Labute approximate surface area is 138 Å². The molecule has 1 N–H and O–H groups in total. The van der Waals surface area contributed by atoms with Crippen molar-refractivity contribution in [1.29, 1.82) is 0 Å². The zero-order valence-corrected chi connectivity index (χ0v) is 13.4. The van der Waals surface area contributed by atoms with Crippen molar-refractivity contribution in [2.45, 2.75) is 25.9 Å². The molecule has 3 rings (SSSR count). The summed E-state index contributed by atoms with van der Waals surface area (Å²) in [6, 6.07) is 3.18. The molecule has 0 aliphatic carbocycles. The number of halogens is 1. The molecular weight excluding hydrogens is 320 g/mol. The van der Waals surface area contributed by atoms with Crippen LogP contribution < -0.4 is 14.8 Å². The van der Waals surface area contributed by atoms with Crippen LogP contribution in [0, 0.1) is 0 Å². The predicted molar refractivity (Wildman–Crippen MR) is 83.6 cm³/mol. The topological polar surface area (TPSA) is 78.3 Å². The SMILES string of the molecule is CC(C(=O)NCc1cc(Cl)c2c(c1)OCCCO2)n1cncn1. The summed E-state index contributed by atoms with van der Waals surface area (Å²) in [5.74, 6) is 1.03. The van der Waals surface area contributed by atoms with E-state index in [1.807, 2.05) is 6.07 Å². The van der Waals surface area contributed by atoms with Crippen LogP contribution in [0.25, 0.3) is 0 Å². The minimum atomic E-state index is -0.437. The molecule has 8 heteroatoms. The Morgan fingerprint density at radius 1 is 1.43 bits per heavy atom. The largest absolute Gasteiger partial charge is 0.489 e. The van der Waals surface area contributed by atoms with Gasteiger partial charge in [-0.2, -0.15) is 5.10 Å². The number of aromatic nitrogens is 3. The number of rotatable bonds is 4. The summed E-state index contributed by atoms with van der Waals surface area (Å²) in [7, 11) is 0. The smallest absolute Gasteiger partial charge is 0.244 e. The summed E-state index contributed by atoms with van der Waals surface area (Å²) in [5.41, 5.74) is 0.846. The normalized spacial score (nSPS) is 14.9. The third kappa shape index (κ3) is 3.56. The van der Waals surface area contributed by atoms with Crippen LogP contribution in [0.3, 0.4) is 0 Å². The van der Waals surface area contributed by atoms with Crippen molar-refractivity contribution < 1.29 is 14.3 Å². The first-order valence-electron chi connectivity index (χ1n) is 7.35. The maximum atomic E-state index is 12.2. The second-order valence-corrected chi connectivity index (χ2v) is 5.63. The number of carbonyl (C=O) groups excluding carboxylic acids is 1. The molecule has 0 radical (unpaired) electrons. The summed E-state index contributed by atoms with van der Waals surface area (Å²) in [6.07, 6.45) is 3.72. The van der Waals surface area contributed by atoms with E-state index >= 15 is 0 Å². The first-order chi connectivity index (χ1) is 11.1. The third-order valence-electron chi connectivity index (χ3n) is 3.54. The lowest BCUT2D eigenvalue weighted by Crippen LogP contribution is -2.30. The second-order valence-electron chi connectivity index (χ2n) is 5.22. The molecule has 1 aliphatic heterocycles. The highest BCUT2D eigenvalue weighted by molar-refractivity contribution is 6.32. The van der Waals surface area contributed by atoms with Crippen LogP contribution in [-0.2, 0) is 11.3 Å². The first-order valence-corrected chi connectivity index (χ1v) is 7.73. The van der Waals surface area contributed by atoms with Crippen LogP contribution in [0.5, 0.6) is 11.5 Å². The number of nitrogens with one attached hydrogen (secondary N) is 1. The van der Waals surface area contributed by atoms with Gasteiger partial charge in [-0.25, -0.2) is 9.67 Å². The van der Waals surface area contributed by atoms with E-state index in [4.69, 9.17) is 21.1 Å². The van der Waals surface area contributed by atoms with E-state index in [1.165, 1.54) is 17.3 Å². The van der Waals surface area contributed by atoms with E-state index in [2.05, 4.69) is 15.4 Å². The molecule has 2 aromatic rings. The summed E-state index contributed by atoms with van der Waals surface area (Å²) in [5, 5.41) is 7.30. The number of hydrogen-bond acceptors (Lipinski definition) is 5. The average Bonchev–Trinajstić information content (AvgIpc) is 2.97. The van der Waals surface area contributed by atoms with Crippen molar-refractivity contribution >= 4 is 17.5 Å². The van der Waals surface area contributed by atoms with E-state index in [0.717, 1.165) is 12.0 Å². The molecule has 1 aromatic carbocycles. The van der Waals surface area contributed by atoms with Crippen molar-refractivity contribution in [3.63, 3.8) is 0 Å². The van der Waals surface area contributed by atoms with Gasteiger partial charge in [0.2, 0.25) is 5.91 Å². The quantitative estimate of drug-likeness (QED) is 0.923. The number of nitrogens with zero attached hydrogens (tertiary/aromatic N) is 3. The van der Waals surface area contributed by atoms with Gasteiger partial charge in [-0.05, 0) is 24.6 Å². The predicted octanol–water partition coefficient (Wildman–Crippen LogP) is 1.97. The van der Waals surface area contributed by atoms with Crippen molar-refractivity contribution in [3.8, 4) is 11.5 Å². The molecule has 0 saturated heterocycles. The third-order valence-corrected chi connectivity index (χ3v) is 3.82. The lowest BCUT2D eigenvalue weighted by atomic mass is 10.2. The van der Waals surface area contributed by atoms with Gasteiger partial charge < -0.3 is 14.8 Å². The van der Waals surface area contributed by atoms with E-state index in [-0.39, 0.29) is 5.91 Å². The fourth-order valence-corrected chi connectivity index (χ4v) is 2.55. The number of hydrogen-bond donors (Lipinski definition) is 1. The Balaban J connectivity index is 1.67. The second kappa shape index (κ2) is 6.87. The minimum Gasteiger partial charge on any atom is -0.489 e. The Hall–Kier alpha value is -2.28. The fraction of sp³-hybridized carbons (Fsp3) is 0.400. The van der Waals surface area contributed by atoms with E-state index < -0.39 is 6.04 Å². The molecule has 7 nitrogen and oxygen atoms in total. The van der Waals surface area contributed by atoms with Gasteiger partial charge in [0.1, 0.15) is 18.7 Å². The van der Waals surface area contributed by atoms with Crippen LogP contribution >= 0.6 is 11.6 Å². The van der Waals surface area contributed by atoms with Gasteiger partial charge in [-0.3, -0.25) is 4.79 Å². The van der Waals surface area contributed by atoms with Crippen LogP contribution in [-0.4, -0.2) is 33.9 Å². The number of ether oxygens (including phenoxy) is 2. The van der Waals surface area contributed by atoms with E-state index in [9.17, 15) is 4.79 Å².